The minimum Gasteiger partial charge on any atom is -0.480 e. The normalized spacial score (nSPS) is 12.9. The summed E-state index contributed by atoms with van der Waals surface area (Å²) in [5.41, 5.74) is 5.85. The molecule has 0 spiro atoms. The molecule has 3 aromatic carbocycles. The average Bonchev–Trinajstić information content (AvgIpc) is 3.15. The third-order valence-electron chi connectivity index (χ3n) is 5.95. The highest BCUT2D eigenvalue weighted by molar-refractivity contribution is 6.01. The number of hydrogen-bond acceptors (Lipinski definition) is 4. The highest BCUT2D eigenvalue weighted by Crippen LogP contribution is 2.44. The van der Waals surface area contributed by atoms with Gasteiger partial charge in [0.25, 0.3) is 0 Å². The summed E-state index contributed by atoms with van der Waals surface area (Å²) in [6.07, 6.45) is -0.734. The van der Waals surface area contributed by atoms with E-state index in [1.807, 2.05) is 43.3 Å². The van der Waals surface area contributed by atoms with E-state index in [1.165, 1.54) is 6.92 Å². The number of hydrogen-bond donors (Lipinski definition) is 2. The van der Waals surface area contributed by atoms with Crippen molar-refractivity contribution in [2.45, 2.75) is 25.8 Å². The van der Waals surface area contributed by atoms with Gasteiger partial charge < -0.3 is 15.2 Å². The first-order valence-electron chi connectivity index (χ1n) is 11.1. The van der Waals surface area contributed by atoms with Gasteiger partial charge in [-0.25, -0.2) is 4.79 Å². The zero-order chi connectivity index (χ0) is 24.2. The molecule has 34 heavy (non-hydrogen) atoms. The van der Waals surface area contributed by atoms with Crippen LogP contribution in [-0.2, 0) is 14.3 Å². The number of aliphatic carboxylic acids is 1. The molecule has 1 aliphatic rings. The number of ether oxygens (including phenoxy) is 1. The van der Waals surface area contributed by atoms with Crippen LogP contribution in [0.3, 0.4) is 0 Å². The number of rotatable bonds is 7. The lowest BCUT2D eigenvalue weighted by Crippen LogP contribution is -2.49. The fourth-order valence-electron chi connectivity index (χ4n) is 4.27. The van der Waals surface area contributed by atoms with Gasteiger partial charge in [-0.2, -0.15) is 0 Å². The maximum absolute atomic E-state index is 13.0. The molecule has 1 unspecified atom stereocenters. The molecule has 0 radical (unpaired) electrons. The van der Waals surface area contributed by atoms with Gasteiger partial charge >= 0.3 is 12.1 Å². The summed E-state index contributed by atoms with van der Waals surface area (Å²) in [6.45, 7) is 3.01. The summed E-state index contributed by atoms with van der Waals surface area (Å²) >= 11 is 0. The van der Waals surface area contributed by atoms with Crippen molar-refractivity contribution in [1.29, 1.82) is 0 Å². The van der Waals surface area contributed by atoms with Gasteiger partial charge in [-0.15, -0.1) is 0 Å². The van der Waals surface area contributed by atoms with Crippen LogP contribution >= 0.6 is 0 Å². The number of benzene rings is 3. The zero-order valence-electron chi connectivity index (χ0n) is 19.0. The molecule has 0 heterocycles. The molecule has 1 aliphatic carbocycles. The number of carbonyl (C=O) groups excluding carboxylic acids is 2. The molecule has 2 amide bonds. The van der Waals surface area contributed by atoms with Gasteiger partial charge in [0.15, 0.2) is 0 Å². The maximum Gasteiger partial charge on any atom is 0.407 e. The van der Waals surface area contributed by atoms with Crippen molar-refractivity contribution in [2.24, 2.45) is 0 Å². The van der Waals surface area contributed by atoms with E-state index in [4.69, 9.17) is 4.74 Å². The fraction of sp³-hybridized carbons (Fsp3) is 0.222. The molecule has 174 valence electrons. The Kier molecular flexibility index (Phi) is 6.63. The van der Waals surface area contributed by atoms with E-state index in [-0.39, 0.29) is 12.5 Å². The number of fused-ring (bicyclic) bond motifs is 3. The third-order valence-corrected chi connectivity index (χ3v) is 5.95. The van der Waals surface area contributed by atoms with Crippen LogP contribution in [0.2, 0.25) is 0 Å². The van der Waals surface area contributed by atoms with Crippen LogP contribution < -0.4 is 10.2 Å². The minimum absolute atomic E-state index is 0.0970. The Morgan fingerprint density at radius 2 is 1.50 bits per heavy atom. The van der Waals surface area contributed by atoms with Crippen molar-refractivity contribution >= 4 is 23.7 Å². The summed E-state index contributed by atoms with van der Waals surface area (Å²) in [7, 11) is 0. The van der Waals surface area contributed by atoms with Gasteiger partial charge in [-0.05, 0) is 48.2 Å². The number of carboxylic acids is 1. The number of aryl methyl sites for hydroxylation is 1. The second kappa shape index (κ2) is 9.79. The summed E-state index contributed by atoms with van der Waals surface area (Å²) < 4.78 is 5.51. The van der Waals surface area contributed by atoms with E-state index in [1.54, 1.807) is 24.3 Å². The summed E-state index contributed by atoms with van der Waals surface area (Å²) in [6, 6.07) is 22.0. The number of nitrogens with one attached hydrogen (secondary N) is 1. The van der Waals surface area contributed by atoms with Gasteiger partial charge in [0.05, 0.1) is 0 Å². The van der Waals surface area contributed by atoms with Crippen LogP contribution in [0.5, 0.6) is 0 Å². The number of nitrogens with zero attached hydrogens (tertiary/aromatic N) is 1. The largest absolute Gasteiger partial charge is 0.480 e. The van der Waals surface area contributed by atoms with Crippen LogP contribution in [0.4, 0.5) is 10.5 Å². The van der Waals surface area contributed by atoms with Crippen molar-refractivity contribution in [3.8, 4) is 11.1 Å². The van der Waals surface area contributed by atoms with Gasteiger partial charge in [0.2, 0.25) is 5.91 Å². The predicted molar refractivity (Wildman–Crippen MR) is 129 cm³/mol. The first-order chi connectivity index (χ1) is 16.3. The smallest absolute Gasteiger partial charge is 0.407 e. The van der Waals surface area contributed by atoms with E-state index in [9.17, 15) is 19.5 Å². The first-order valence-corrected chi connectivity index (χ1v) is 11.1. The molecule has 0 aliphatic heterocycles. The van der Waals surface area contributed by atoms with E-state index < -0.39 is 30.6 Å². The molecule has 1 atom stereocenters. The van der Waals surface area contributed by atoms with Crippen molar-refractivity contribution in [2.75, 3.05) is 18.1 Å². The van der Waals surface area contributed by atoms with E-state index >= 15 is 0 Å². The van der Waals surface area contributed by atoms with Crippen molar-refractivity contribution in [1.82, 2.24) is 5.32 Å². The van der Waals surface area contributed by atoms with Crippen molar-refractivity contribution in [3.63, 3.8) is 0 Å². The fourth-order valence-corrected chi connectivity index (χ4v) is 4.27. The molecule has 0 saturated carbocycles. The topological polar surface area (TPSA) is 95.9 Å². The van der Waals surface area contributed by atoms with E-state index in [2.05, 4.69) is 17.4 Å². The average molecular weight is 459 g/mol. The number of alkyl carbamates (subject to hydrolysis) is 1. The van der Waals surface area contributed by atoms with Crippen LogP contribution in [0.15, 0.2) is 72.8 Å². The van der Waals surface area contributed by atoms with E-state index in [0.717, 1.165) is 32.7 Å². The maximum atomic E-state index is 13.0. The van der Waals surface area contributed by atoms with Crippen molar-refractivity contribution < 1.29 is 24.2 Å². The molecule has 7 heteroatoms. The molecule has 0 saturated heterocycles. The lowest BCUT2D eigenvalue weighted by molar-refractivity contribution is -0.136. The summed E-state index contributed by atoms with van der Waals surface area (Å²) in [4.78, 5) is 38.0. The predicted octanol–water partition coefficient (Wildman–Crippen LogP) is 4.34. The van der Waals surface area contributed by atoms with Gasteiger partial charge in [-0.1, -0.05) is 66.2 Å². The highest BCUT2D eigenvalue weighted by atomic mass is 16.5. The number of carboxylic acid groups (broad SMARTS) is 1. The third kappa shape index (κ3) is 4.78. The van der Waals surface area contributed by atoms with Gasteiger partial charge in [0, 0.05) is 11.6 Å². The summed E-state index contributed by atoms with van der Waals surface area (Å²) in [5.74, 6) is -1.79. The Morgan fingerprint density at radius 3 is 2.06 bits per heavy atom. The SMILES string of the molecule is Cc1ccc(N(CC(=O)O)C(=O)C(C)NC(=O)OCC2c3ccccc3-c3ccccc32)cc1. The van der Waals surface area contributed by atoms with Crippen LogP contribution in [0.1, 0.15) is 29.5 Å². The molecule has 7 nitrogen and oxygen atoms in total. The standard InChI is InChI=1S/C27H26N2O5/c1-17-11-13-19(14-12-17)29(15-25(30)31)26(32)18(2)28-27(33)34-16-24-22-9-5-3-7-20(22)21-8-4-6-10-23(21)24/h3-14,18,24H,15-16H2,1-2H3,(H,28,33)(H,30,31). The number of amides is 2. The highest BCUT2D eigenvalue weighted by Gasteiger charge is 2.30. The Labute approximate surface area is 198 Å². The monoisotopic (exact) mass is 458 g/mol. The molecule has 0 fully saturated rings. The number of anilines is 1. The molecule has 0 aromatic heterocycles. The number of carbonyl (C=O) groups is 3. The van der Waals surface area contributed by atoms with E-state index in [0.29, 0.717) is 5.69 Å². The second-order valence-electron chi connectivity index (χ2n) is 8.35. The molecular formula is C27H26N2O5. The Balaban J connectivity index is 1.42. The minimum atomic E-state index is -1.15. The lowest BCUT2D eigenvalue weighted by atomic mass is 9.98. The van der Waals surface area contributed by atoms with Gasteiger partial charge in [0.1, 0.15) is 19.2 Å². The molecular weight excluding hydrogens is 432 g/mol. The van der Waals surface area contributed by atoms with Crippen LogP contribution in [0.25, 0.3) is 11.1 Å². The quantitative estimate of drug-likeness (QED) is 0.549. The Morgan fingerprint density at radius 1 is 0.941 bits per heavy atom. The lowest BCUT2D eigenvalue weighted by Gasteiger charge is -2.25. The van der Waals surface area contributed by atoms with Crippen LogP contribution in [0, 0.1) is 6.92 Å². The van der Waals surface area contributed by atoms with Gasteiger partial charge in [-0.3, -0.25) is 14.5 Å². The first kappa shape index (κ1) is 23.0. The molecule has 0 bridgehead atoms. The van der Waals surface area contributed by atoms with Crippen LogP contribution in [-0.4, -0.2) is 42.3 Å². The Bertz CT molecular complexity index is 1180. The molecule has 3 aromatic rings. The molecule has 2 N–H and O–H groups in total. The Hall–Kier alpha value is -4.13. The molecule has 4 rings (SSSR count). The zero-order valence-corrected chi connectivity index (χ0v) is 19.0. The summed E-state index contributed by atoms with van der Waals surface area (Å²) in [5, 5.41) is 11.8. The second-order valence-corrected chi connectivity index (χ2v) is 8.35. The van der Waals surface area contributed by atoms with Crippen molar-refractivity contribution in [3.05, 3.63) is 89.5 Å².